The molecule has 2 aromatic rings. The monoisotopic (exact) mass is 377 g/mol. The van der Waals surface area contributed by atoms with Crippen molar-refractivity contribution in [1.82, 2.24) is 0 Å². The Labute approximate surface area is 144 Å². The van der Waals surface area contributed by atoms with Crippen LogP contribution in [0.3, 0.4) is 0 Å². The molecule has 0 fully saturated rings. The van der Waals surface area contributed by atoms with Gasteiger partial charge in [-0.05, 0) is 49.2 Å². The summed E-state index contributed by atoms with van der Waals surface area (Å²) in [6.45, 7) is 4.56. The number of hydrogen-bond acceptors (Lipinski definition) is 3. The quantitative estimate of drug-likeness (QED) is 0.768. The van der Waals surface area contributed by atoms with Gasteiger partial charge in [0.25, 0.3) is 5.91 Å². The van der Waals surface area contributed by atoms with Crippen molar-refractivity contribution in [3.8, 4) is 11.5 Å². The van der Waals surface area contributed by atoms with Gasteiger partial charge in [0.2, 0.25) is 0 Å². The standard InChI is InChI=1S/C18H20BrNO3/c1-3-10-22-16-6-4-5-7-17(16)23-12-18(21)20-14-8-9-15(19)13(2)11-14/h4-9,11H,3,10,12H2,1-2H3,(H,20,21). The van der Waals surface area contributed by atoms with Crippen LogP contribution in [0.4, 0.5) is 5.69 Å². The molecule has 2 aromatic carbocycles. The zero-order valence-electron chi connectivity index (χ0n) is 13.3. The van der Waals surface area contributed by atoms with Crippen molar-refractivity contribution in [3.63, 3.8) is 0 Å². The zero-order valence-corrected chi connectivity index (χ0v) is 14.9. The number of carbonyl (C=O) groups is 1. The Morgan fingerprint density at radius 3 is 2.48 bits per heavy atom. The molecule has 4 nitrogen and oxygen atoms in total. The molecule has 0 bridgehead atoms. The van der Waals surface area contributed by atoms with E-state index in [0.717, 1.165) is 22.1 Å². The molecule has 0 atom stereocenters. The highest BCUT2D eigenvalue weighted by Crippen LogP contribution is 2.26. The molecule has 0 unspecified atom stereocenters. The molecule has 0 aliphatic carbocycles. The van der Waals surface area contributed by atoms with Crippen molar-refractivity contribution in [2.75, 3.05) is 18.5 Å². The lowest BCUT2D eigenvalue weighted by atomic mass is 10.2. The van der Waals surface area contributed by atoms with Crippen LogP contribution < -0.4 is 14.8 Å². The number of carbonyl (C=O) groups excluding carboxylic acids is 1. The molecule has 1 N–H and O–H groups in total. The Morgan fingerprint density at radius 2 is 1.83 bits per heavy atom. The van der Waals surface area contributed by atoms with Crippen LogP contribution in [0, 0.1) is 6.92 Å². The van der Waals surface area contributed by atoms with E-state index in [1.807, 2.05) is 50.2 Å². The predicted molar refractivity (Wildman–Crippen MR) is 95.2 cm³/mol. The Hall–Kier alpha value is -2.01. The number of anilines is 1. The number of para-hydroxylation sites is 2. The molecule has 0 aromatic heterocycles. The molecule has 0 spiro atoms. The number of hydrogen-bond donors (Lipinski definition) is 1. The largest absolute Gasteiger partial charge is 0.490 e. The van der Waals surface area contributed by atoms with Crippen molar-refractivity contribution in [1.29, 1.82) is 0 Å². The Balaban J connectivity index is 1.92. The van der Waals surface area contributed by atoms with E-state index in [-0.39, 0.29) is 12.5 Å². The van der Waals surface area contributed by atoms with Crippen molar-refractivity contribution >= 4 is 27.5 Å². The lowest BCUT2D eigenvalue weighted by Gasteiger charge is -2.12. The number of benzene rings is 2. The van der Waals surface area contributed by atoms with E-state index in [0.29, 0.717) is 18.1 Å². The second-order valence-corrected chi connectivity index (χ2v) is 5.95. The van der Waals surface area contributed by atoms with Gasteiger partial charge in [-0.3, -0.25) is 4.79 Å². The second-order valence-electron chi connectivity index (χ2n) is 5.10. The first kappa shape index (κ1) is 17.3. The number of nitrogens with one attached hydrogen (secondary N) is 1. The number of halogens is 1. The van der Waals surface area contributed by atoms with Gasteiger partial charge in [0, 0.05) is 10.2 Å². The van der Waals surface area contributed by atoms with Crippen LogP contribution in [0.5, 0.6) is 11.5 Å². The molecule has 0 aliphatic heterocycles. The lowest BCUT2D eigenvalue weighted by Crippen LogP contribution is -2.20. The van der Waals surface area contributed by atoms with E-state index < -0.39 is 0 Å². The summed E-state index contributed by atoms with van der Waals surface area (Å²) < 4.78 is 12.2. The molecular weight excluding hydrogens is 358 g/mol. The average molecular weight is 378 g/mol. The molecular formula is C18H20BrNO3. The van der Waals surface area contributed by atoms with Crippen molar-refractivity contribution in [3.05, 3.63) is 52.5 Å². The smallest absolute Gasteiger partial charge is 0.262 e. The first-order valence-electron chi connectivity index (χ1n) is 7.50. The summed E-state index contributed by atoms with van der Waals surface area (Å²) in [6.07, 6.45) is 0.914. The summed E-state index contributed by atoms with van der Waals surface area (Å²) in [4.78, 5) is 12.0. The lowest BCUT2D eigenvalue weighted by molar-refractivity contribution is -0.118. The molecule has 2 rings (SSSR count). The van der Waals surface area contributed by atoms with Crippen molar-refractivity contribution in [2.24, 2.45) is 0 Å². The van der Waals surface area contributed by atoms with Gasteiger partial charge in [-0.1, -0.05) is 35.0 Å². The van der Waals surface area contributed by atoms with Gasteiger partial charge in [0.05, 0.1) is 6.61 Å². The molecule has 5 heteroatoms. The van der Waals surface area contributed by atoms with E-state index in [2.05, 4.69) is 21.2 Å². The molecule has 122 valence electrons. The summed E-state index contributed by atoms with van der Waals surface area (Å²) in [5.41, 5.74) is 1.80. The van der Waals surface area contributed by atoms with E-state index in [1.165, 1.54) is 0 Å². The first-order chi connectivity index (χ1) is 11.1. The molecule has 0 saturated heterocycles. The topological polar surface area (TPSA) is 47.6 Å². The van der Waals surface area contributed by atoms with Crippen LogP contribution in [0.25, 0.3) is 0 Å². The summed E-state index contributed by atoms with van der Waals surface area (Å²) >= 11 is 3.43. The summed E-state index contributed by atoms with van der Waals surface area (Å²) in [7, 11) is 0. The fourth-order valence-corrected chi connectivity index (χ4v) is 2.21. The Bertz CT molecular complexity index is 673. The van der Waals surface area contributed by atoms with Crippen LogP contribution in [0.1, 0.15) is 18.9 Å². The van der Waals surface area contributed by atoms with Crippen LogP contribution in [0.2, 0.25) is 0 Å². The minimum Gasteiger partial charge on any atom is -0.490 e. The Morgan fingerprint density at radius 1 is 1.13 bits per heavy atom. The van der Waals surface area contributed by atoms with Crippen LogP contribution in [0.15, 0.2) is 46.9 Å². The van der Waals surface area contributed by atoms with Crippen LogP contribution >= 0.6 is 15.9 Å². The average Bonchev–Trinajstić information content (AvgIpc) is 2.55. The normalized spacial score (nSPS) is 10.2. The number of rotatable bonds is 7. The van der Waals surface area contributed by atoms with Crippen molar-refractivity contribution in [2.45, 2.75) is 20.3 Å². The highest BCUT2D eigenvalue weighted by molar-refractivity contribution is 9.10. The first-order valence-corrected chi connectivity index (χ1v) is 8.30. The fourth-order valence-electron chi connectivity index (χ4n) is 1.96. The minimum absolute atomic E-state index is 0.0678. The van der Waals surface area contributed by atoms with E-state index >= 15 is 0 Å². The van der Waals surface area contributed by atoms with Crippen LogP contribution in [-0.4, -0.2) is 19.1 Å². The number of ether oxygens (including phenoxy) is 2. The summed E-state index contributed by atoms with van der Waals surface area (Å²) in [6, 6.07) is 13.0. The maximum absolute atomic E-state index is 12.0. The molecule has 1 amide bonds. The van der Waals surface area contributed by atoms with E-state index in [4.69, 9.17) is 9.47 Å². The van der Waals surface area contributed by atoms with Gasteiger partial charge in [-0.15, -0.1) is 0 Å². The molecule has 0 saturated carbocycles. The third-order valence-corrected chi connectivity index (χ3v) is 4.00. The highest BCUT2D eigenvalue weighted by atomic mass is 79.9. The van der Waals surface area contributed by atoms with Crippen molar-refractivity contribution < 1.29 is 14.3 Å². The maximum atomic E-state index is 12.0. The van der Waals surface area contributed by atoms with Gasteiger partial charge in [0.15, 0.2) is 18.1 Å². The summed E-state index contributed by atoms with van der Waals surface area (Å²) in [5, 5.41) is 2.82. The predicted octanol–water partition coefficient (Wildman–Crippen LogP) is 4.56. The van der Waals surface area contributed by atoms with E-state index in [1.54, 1.807) is 6.07 Å². The van der Waals surface area contributed by atoms with Gasteiger partial charge < -0.3 is 14.8 Å². The van der Waals surface area contributed by atoms with Gasteiger partial charge in [0.1, 0.15) is 0 Å². The molecule has 0 aliphatic rings. The highest BCUT2D eigenvalue weighted by Gasteiger charge is 2.08. The second kappa shape index (κ2) is 8.58. The third-order valence-electron chi connectivity index (χ3n) is 3.11. The zero-order chi connectivity index (χ0) is 16.7. The molecule has 23 heavy (non-hydrogen) atoms. The SMILES string of the molecule is CCCOc1ccccc1OCC(=O)Nc1ccc(Br)c(C)c1. The summed E-state index contributed by atoms with van der Waals surface area (Å²) in [5.74, 6) is 1.02. The van der Waals surface area contributed by atoms with Gasteiger partial charge >= 0.3 is 0 Å². The Kier molecular flexibility index (Phi) is 6.47. The maximum Gasteiger partial charge on any atom is 0.262 e. The van der Waals surface area contributed by atoms with Gasteiger partial charge in [-0.25, -0.2) is 0 Å². The molecule has 0 heterocycles. The van der Waals surface area contributed by atoms with Crippen LogP contribution in [-0.2, 0) is 4.79 Å². The fraction of sp³-hybridized carbons (Fsp3) is 0.278. The third kappa shape index (κ3) is 5.28. The van der Waals surface area contributed by atoms with E-state index in [9.17, 15) is 4.79 Å². The number of amides is 1. The number of aryl methyl sites for hydroxylation is 1. The molecule has 0 radical (unpaired) electrons. The van der Waals surface area contributed by atoms with Gasteiger partial charge in [-0.2, -0.15) is 0 Å². The minimum atomic E-state index is -0.211.